The Morgan fingerprint density at radius 3 is 2.64 bits per heavy atom. The molecule has 22 heavy (non-hydrogen) atoms. The van der Waals surface area contributed by atoms with Crippen molar-refractivity contribution in [2.45, 2.75) is 71.2 Å². The van der Waals surface area contributed by atoms with Gasteiger partial charge in [0.15, 0.2) is 6.29 Å². The molecule has 2 saturated heterocycles. The van der Waals surface area contributed by atoms with E-state index in [1.54, 1.807) is 4.90 Å². The lowest BCUT2D eigenvalue weighted by molar-refractivity contribution is -0.907. The molecule has 0 amide bonds. The number of hydrogen-bond donors (Lipinski definition) is 1. The Kier molecular flexibility index (Phi) is 4.25. The van der Waals surface area contributed by atoms with Crippen LogP contribution in [0.25, 0.3) is 0 Å². The van der Waals surface area contributed by atoms with Gasteiger partial charge in [-0.2, -0.15) is 0 Å². The van der Waals surface area contributed by atoms with Crippen molar-refractivity contribution >= 4 is 0 Å². The summed E-state index contributed by atoms with van der Waals surface area (Å²) in [6, 6.07) is 0. The molecule has 126 valence electrons. The quantitative estimate of drug-likeness (QED) is 0.861. The van der Waals surface area contributed by atoms with E-state index in [4.69, 9.17) is 9.47 Å². The molecule has 2 heterocycles. The smallest absolute Gasteiger partial charge is 0.158 e. The molecule has 2 saturated carbocycles. The molecule has 0 unspecified atom stereocenters. The van der Waals surface area contributed by atoms with Crippen LogP contribution in [0.1, 0.15) is 58.8 Å². The summed E-state index contributed by atoms with van der Waals surface area (Å²) in [5.41, 5.74) is 0.506. The van der Waals surface area contributed by atoms with E-state index in [-0.39, 0.29) is 6.29 Å². The number of likely N-dealkylation sites (tertiary alicyclic amines) is 1. The summed E-state index contributed by atoms with van der Waals surface area (Å²) in [6.07, 6.45) is 10.2. The number of quaternary nitrogens is 1. The van der Waals surface area contributed by atoms with E-state index >= 15 is 0 Å². The molecule has 4 rings (SSSR count). The van der Waals surface area contributed by atoms with Gasteiger partial charge in [-0.1, -0.05) is 13.8 Å². The van der Waals surface area contributed by atoms with Gasteiger partial charge in [-0.15, -0.1) is 0 Å². The SMILES string of the molecule is CC1(C)[C@@H]2CC[C@H](C2)[C@@H]1C[C@@H]1OC[C@H](C[NH+]2CCCCC2)O1. The second-order valence-electron chi connectivity index (χ2n) is 8.97. The van der Waals surface area contributed by atoms with Crippen molar-refractivity contribution in [3.05, 3.63) is 0 Å². The van der Waals surface area contributed by atoms with E-state index < -0.39 is 0 Å². The van der Waals surface area contributed by atoms with Crippen LogP contribution in [-0.2, 0) is 9.47 Å². The first-order valence-electron chi connectivity index (χ1n) is 9.73. The zero-order chi connectivity index (χ0) is 15.2. The van der Waals surface area contributed by atoms with Crippen molar-refractivity contribution in [3.8, 4) is 0 Å². The average molecular weight is 308 g/mol. The summed E-state index contributed by atoms with van der Waals surface area (Å²) in [5.74, 6) is 2.72. The number of nitrogens with one attached hydrogen (secondary N) is 1. The van der Waals surface area contributed by atoms with Crippen molar-refractivity contribution in [1.82, 2.24) is 0 Å². The van der Waals surface area contributed by atoms with Crippen LogP contribution in [0.4, 0.5) is 0 Å². The van der Waals surface area contributed by atoms with Crippen LogP contribution in [0.5, 0.6) is 0 Å². The second kappa shape index (κ2) is 6.07. The van der Waals surface area contributed by atoms with E-state index in [1.807, 2.05) is 0 Å². The van der Waals surface area contributed by atoms with Crippen LogP contribution < -0.4 is 4.90 Å². The first-order valence-corrected chi connectivity index (χ1v) is 9.73. The zero-order valence-corrected chi connectivity index (χ0v) is 14.5. The van der Waals surface area contributed by atoms with E-state index in [0.717, 1.165) is 37.3 Å². The van der Waals surface area contributed by atoms with Gasteiger partial charge in [0.2, 0.25) is 0 Å². The third-order valence-corrected chi connectivity index (χ3v) is 7.39. The lowest BCUT2D eigenvalue weighted by Gasteiger charge is -2.39. The highest BCUT2D eigenvalue weighted by Crippen LogP contribution is 2.60. The molecule has 0 aromatic carbocycles. The lowest BCUT2D eigenvalue weighted by Crippen LogP contribution is -3.13. The van der Waals surface area contributed by atoms with Gasteiger partial charge < -0.3 is 14.4 Å². The normalized spacial score (nSPS) is 44.7. The van der Waals surface area contributed by atoms with Crippen molar-refractivity contribution in [2.24, 2.45) is 23.2 Å². The minimum Gasteiger partial charge on any atom is -0.350 e. The second-order valence-corrected chi connectivity index (χ2v) is 8.97. The molecule has 3 heteroatoms. The summed E-state index contributed by atoms with van der Waals surface area (Å²) in [6.45, 7) is 9.65. The van der Waals surface area contributed by atoms with Gasteiger partial charge in [0.25, 0.3) is 0 Å². The summed E-state index contributed by atoms with van der Waals surface area (Å²) in [5, 5.41) is 0. The predicted octanol–water partition coefficient (Wildman–Crippen LogP) is 2.26. The number of piperidine rings is 1. The van der Waals surface area contributed by atoms with Crippen molar-refractivity contribution in [3.63, 3.8) is 0 Å². The van der Waals surface area contributed by atoms with E-state index in [9.17, 15) is 0 Å². The van der Waals surface area contributed by atoms with Crippen LogP contribution in [0.15, 0.2) is 0 Å². The Morgan fingerprint density at radius 1 is 1.09 bits per heavy atom. The molecule has 4 aliphatic rings. The van der Waals surface area contributed by atoms with Crippen molar-refractivity contribution < 1.29 is 14.4 Å². The Morgan fingerprint density at radius 2 is 1.91 bits per heavy atom. The molecule has 5 atom stereocenters. The molecule has 0 spiro atoms. The van der Waals surface area contributed by atoms with Crippen molar-refractivity contribution in [1.29, 1.82) is 0 Å². The monoisotopic (exact) mass is 308 g/mol. The van der Waals surface area contributed by atoms with Gasteiger partial charge in [0.05, 0.1) is 19.7 Å². The topological polar surface area (TPSA) is 22.9 Å². The van der Waals surface area contributed by atoms with Crippen molar-refractivity contribution in [2.75, 3.05) is 26.2 Å². The number of rotatable bonds is 4. The van der Waals surface area contributed by atoms with Gasteiger partial charge in [0, 0.05) is 6.42 Å². The first-order chi connectivity index (χ1) is 10.6. The van der Waals surface area contributed by atoms with E-state index in [0.29, 0.717) is 11.5 Å². The molecule has 0 radical (unpaired) electrons. The number of fused-ring (bicyclic) bond motifs is 2. The highest BCUT2D eigenvalue weighted by Gasteiger charge is 2.53. The summed E-state index contributed by atoms with van der Waals surface area (Å²) < 4.78 is 12.3. The van der Waals surface area contributed by atoms with Crippen LogP contribution in [0, 0.1) is 23.2 Å². The maximum Gasteiger partial charge on any atom is 0.158 e. The number of ether oxygens (including phenoxy) is 2. The van der Waals surface area contributed by atoms with Gasteiger partial charge in [-0.25, -0.2) is 0 Å². The predicted molar refractivity (Wildman–Crippen MR) is 86.7 cm³/mol. The maximum atomic E-state index is 6.28. The van der Waals surface area contributed by atoms with Crippen LogP contribution >= 0.6 is 0 Å². The molecular weight excluding hydrogens is 274 g/mol. The third-order valence-electron chi connectivity index (χ3n) is 7.39. The van der Waals surface area contributed by atoms with Gasteiger partial charge in [-0.05, 0) is 61.7 Å². The van der Waals surface area contributed by atoms with Gasteiger partial charge in [0.1, 0.15) is 12.6 Å². The summed E-state index contributed by atoms with van der Waals surface area (Å²) in [7, 11) is 0. The maximum absolute atomic E-state index is 6.28. The Hall–Kier alpha value is -0.120. The Labute approximate surface area is 135 Å². The molecule has 2 aliphatic heterocycles. The molecule has 3 nitrogen and oxygen atoms in total. The van der Waals surface area contributed by atoms with Gasteiger partial charge in [-0.3, -0.25) is 0 Å². The van der Waals surface area contributed by atoms with E-state index in [2.05, 4.69) is 13.8 Å². The molecule has 0 aromatic rings. The molecule has 2 bridgehead atoms. The Balaban J connectivity index is 1.28. The summed E-state index contributed by atoms with van der Waals surface area (Å²) in [4.78, 5) is 1.74. The zero-order valence-electron chi connectivity index (χ0n) is 14.5. The van der Waals surface area contributed by atoms with Gasteiger partial charge >= 0.3 is 0 Å². The highest BCUT2D eigenvalue weighted by atomic mass is 16.7. The molecule has 1 N–H and O–H groups in total. The largest absolute Gasteiger partial charge is 0.350 e. The minimum atomic E-state index is 0.0813. The number of hydrogen-bond acceptors (Lipinski definition) is 2. The average Bonchev–Trinajstić information content (AvgIpc) is 3.19. The lowest BCUT2D eigenvalue weighted by atomic mass is 9.67. The first kappa shape index (κ1) is 15.4. The highest BCUT2D eigenvalue weighted by molar-refractivity contribution is 5.01. The summed E-state index contributed by atoms with van der Waals surface area (Å²) >= 11 is 0. The molecule has 2 aliphatic carbocycles. The van der Waals surface area contributed by atoms with E-state index in [1.165, 1.54) is 51.6 Å². The standard InChI is InChI=1S/C19H33NO2/c1-19(2)15-7-6-14(10-15)17(19)11-18-21-13-16(22-18)12-20-8-4-3-5-9-20/h14-18H,3-13H2,1-2H3/p+1/t14-,15-,16+,17+,18-/m1/s1. The molecule has 0 aromatic heterocycles. The molecule has 4 fully saturated rings. The Bertz CT molecular complexity index is 391. The fourth-order valence-electron chi connectivity index (χ4n) is 5.99. The van der Waals surface area contributed by atoms with Crippen LogP contribution in [0.2, 0.25) is 0 Å². The van der Waals surface area contributed by atoms with Crippen LogP contribution in [0.3, 0.4) is 0 Å². The third kappa shape index (κ3) is 2.85. The van der Waals surface area contributed by atoms with Crippen LogP contribution in [-0.4, -0.2) is 38.6 Å². The molecular formula is C19H34NO2+. The fourth-order valence-corrected chi connectivity index (χ4v) is 5.99. The fraction of sp³-hybridized carbons (Fsp3) is 1.00. The minimum absolute atomic E-state index is 0.0813.